The Kier molecular flexibility index (Phi) is 4.63. The van der Waals surface area contributed by atoms with Gasteiger partial charge in [-0.25, -0.2) is 4.79 Å². The Labute approximate surface area is 117 Å². The van der Waals surface area contributed by atoms with E-state index in [9.17, 15) is 15.0 Å². The smallest absolute Gasteiger partial charge is 0.375 e. The highest BCUT2D eigenvalue weighted by atomic mass is 16.6. The number of carboxylic acids is 1. The van der Waals surface area contributed by atoms with Crippen molar-refractivity contribution >= 4 is 5.97 Å². The molecule has 0 saturated heterocycles. The van der Waals surface area contributed by atoms with Crippen molar-refractivity contribution in [2.45, 2.75) is 38.7 Å². The van der Waals surface area contributed by atoms with Gasteiger partial charge < -0.3 is 19.7 Å². The maximum atomic E-state index is 11.2. The second kappa shape index (κ2) is 6.43. The lowest BCUT2D eigenvalue weighted by Crippen LogP contribution is -2.26. The van der Waals surface area contributed by atoms with Gasteiger partial charge in [0.2, 0.25) is 0 Å². The number of carbonyl (C=O) groups is 1. The van der Waals surface area contributed by atoms with Crippen molar-refractivity contribution in [3.63, 3.8) is 0 Å². The molecular weight excluding hydrogens is 260 g/mol. The molecule has 108 valence electrons. The first kappa shape index (κ1) is 14.4. The van der Waals surface area contributed by atoms with Gasteiger partial charge in [-0.2, -0.15) is 0 Å². The first-order valence-electron chi connectivity index (χ1n) is 6.73. The molecule has 0 saturated carbocycles. The number of benzene rings is 1. The van der Waals surface area contributed by atoms with Gasteiger partial charge in [-0.1, -0.05) is 38.3 Å². The lowest BCUT2D eigenvalue weighted by atomic mass is 10.1. The van der Waals surface area contributed by atoms with Crippen LogP contribution < -0.4 is 9.47 Å². The molecule has 1 aliphatic heterocycles. The second-order valence-electron chi connectivity index (χ2n) is 4.66. The Balaban J connectivity index is 2.21. The maximum Gasteiger partial charge on any atom is 0.375 e. The average Bonchev–Trinajstić information content (AvgIpc) is 2.46. The van der Waals surface area contributed by atoms with E-state index in [1.54, 1.807) is 24.3 Å². The third-order valence-electron chi connectivity index (χ3n) is 3.08. The third kappa shape index (κ3) is 3.11. The molecule has 0 radical (unpaired) electrons. The van der Waals surface area contributed by atoms with E-state index in [0.29, 0.717) is 17.9 Å². The molecule has 0 bridgehead atoms. The lowest BCUT2D eigenvalue weighted by Gasteiger charge is -2.24. The van der Waals surface area contributed by atoms with Crippen LogP contribution in [0.15, 0.2) is 35.8 Å². The highest BCUT2D eigenvalue weighted by Crippen LogP contribution is 2.36. The maximum absolute atomic E-state index is 11.2. The van der Waals surface area contributed by atoms with Crippen molar-refractivity contribution < 1.29 is 24.5 Å². The SMILES string of the molecule is CCCCCC(O)C1=C(C(=O)O)Oc2ccccc2O1. The first-order chi connectivity index (χ1) is 9.63. The number of aliphatic hydroxyl groups excluding tert-OH is 1. The van der Waals surface area contributed by atoms with E-state index >= 15 is 0 Å². The van der Waals surface area contributed by atoms with Crippen molar-refractivity contribution in [2.24, 2.45) is 0 Å². The minimum Gasteiger partial charge on any atom is -0.475 e. The number of aliphatic carboxylic acids is 1. The van der Waals surface area contributed by atoms with Gasteiger partial charge in [-0.05, 0) is 18.6 Å². The van der Waals surface area contributed by atoms with Gasteiger partial charge in [0.15, 0.2) is 17.3 Å². The van der Waals surface area contributed by atoms with Crippen LogP contribution in [0.1, 0.15) is 32.6 Å². The quantitative estimate of drug-likeness (QED) is 0.782. The largest absolute Gasteiger partial charge is 0.475 e. The number of hydrogen-bond donors (Lipinski definition) is 2. The number of carboxylic acid groups (broad SMARTS) is 1. The highest BCUT2D eigenvalue weighted by Gasteiger charge is 2.30. The van der Waals surface area contributed by atoms with Gasteiger partial charge in [0.1, 0.15) is 6.10 Å². The molecule has 0 aromatic heterocycles. The van der Waals surface area contributed by atoms with Crippen molar-refractivity contribution in [1.29, 1.82) is 0 Å². The fourth-order valence-electron chi connectivity index (χ4n) is 2.03. The Morgan fingerprint density at radius 1 is 1.20 bits per heavy atom. The van der Waals surface area contributed by atoms with Crippen LogP contribution in [0.4, 0.5) is 0 Å². The summed E-state index contributed by atoms with van der Waals surface area (Å²) in [6.07, 6.45) is 2.29. The average molecular weight is 278 g/mol. The van der Waals surface area contributed by atoms with Crippen LogP contribution >= 0.6 is 0 Å². The third-order valence-corrected chi connectivity index (χ3v) is 3.08. The zero-order valence-corrected chi connectivity index (χ0v) is 11.3. The molecule has 1 unspecified atom stereocenters. The lowest BCUT2D eigenvalue weighted by molar-refractivity contribution is -0.135. The number of fused-ring (bicyclic) bond motifs is 1. The molecule has 20 heavy (non-hydrogen) atoms. The van der Waals surface area contributed by atoms with Crippen molar-refractivity contribution in [3.8, 4) is 11.5 Å². The Hall–Kier alpha value is -2.01. The monoisotopic (exact) mass is 278 g/mol. The molecule has 2 rings (SSSR count). The van der Waals surface area contributed by atoms with E-state index in [0.717, 1.165) is 19.3 Å². The number of rotatable bonds is 6. The summed E-state index contributed by atoms with van der Waals surface area (Å²) < 4.78 is 10.9. The topological polar surface area (TPSA) is 76.0 Å². The summed E-state index contributed by atoms with van der Waals surface area (Å²) in [5.41, 5.74) is 0. The molecule has 5 nitrogen and oxygen atoms in total. The van der Waals surface area contributed by atoms with Crippen LogP contribution in [0.25, 0.3) is 0 Å². The molecule has 5 heteroatoms. The summed E-state index contributed by atoms with van der Waals surface area (Å²) in [5.74, 6) is -0.847. The van der Waals surface area contributed by atoms with Gasteiger partial charge in [-0.3, -0.25) is 0 Å². The van der Waals surface area contributed by atoms with E-state index in [4.69, 9.17) is 9.47 Å². The first-order valence-corrected chi connectivity index (χ1v) is 6.73. The van der Waals surface area contributed by atoms with E-state index in [1.807, 2.05) is 0 Å². The molecule has 1 aromatic carbocycles. The van der Waals surface area contributed by atoms with Crippen LogP contribution in [0.2, 0.25) is 0 Å². The molecule has 0 aliphatic carbocycles. The number of aliphatic hydroxyl groups is 1. The van der Waals surface area contributed by atoms with E-state index < -0.39 is 12.1 Å². The summed E-state index contributed by atoms with van der Waals surface area (Å²) >= 11 is 0. The molecule has 0 amide bonds. The normalized spacial score (nSPS) is 15.1. The molecule has 2 N–H and O–H groups in total. The van der Waals surface area contributed by atoms with E-state index in [1.165, 1.54) is 0 Å². The summed E-state index contributed by atoms with van der Waals surface area (Å²) in [6, 6.07) is 6.78. The van der Waals surface area contributed by atoms with Crippen LogP contribution in [0, 0.1) is 0 Å². The van der Waals surface area contributed by atoms with E-state index in [-0.39, 0.29) is 11.5 Å². The minimum absolute atomic E-state index is 0.0210. The standard InChI is InChI=1S/C15H18O5/c1-2-3-4-7-10(16)13-14(15(17)18)20-12-9-6-5-8-11(12)19-13/h5-6,8-10,16H,2-4,7H2,1H3,(H,17,18). The van der Waals surface area contributed by atoms with Crippen LogP contribution in [0.5, 0.6) is 11.5 Å². The van der Waals surface area contributed by atoms with Crippen LogP contribution in [-0.2, 0) is 4.79 Å². The van der Waals surface area contributed by atoms with Gasteiger partial charge in [-0.15, -0.1) is 0 Å². The fraction of sp³-hybridized carbons (Fsp3) is 0.400. The summed E-state index contributed by atoms with van der Waals surface area (Å²) in [7, 11) is 0. The molecule has 1 aromatic rings. The van der Waals surface area contributed by atoms with E-state index in [2.05, 4.69) is 6.92 Å². The van der Waals surface area contributed by atoms with Crippen molar-refractivity contribution in [1.82, 2.24) is 0 Å². The molecule has 1 aliphatic rings. The molecular formula is C15H18O5. The van der Waals surface area contributed by atoms with Gasteiger partial charge >= 0.3 is 5.97 Å². The highest BCUT2D eigenvalue weighted by molar-refractivity contribution is 5.86. The van der Waals surface area contributed by atoms with Gasteiger partial charge in [0, 0.05) is 0 Å². The number of hydrogen-bond acceptors (Lipinski definition) is 4. The number of ether oxygens (including phenoxy) is 2. The minimum atomic E-state index is -1.25. The Morgan fingerprint density at radius 2 is 1.85 bits per heavy atom. The Morgan fingerprint density at radius 3 is 2.45 bits per heavy atom. The molecule has 0 spiro atoms. The predicted molar refractivity (Wildman–Crippen MR) is 72.5 cm³/mol. The summed E-state index contributed by atoms with van der Waals surface area (Å²) in [5, 5.41) is 19.3. The van der Waals surface area contributed by atoms with Gasteiger partial charge in [0.25, 0.3) is 5.76 Å². The summed E-state index contributed by atoms with van der Waals surface area (Å²) in [4.78, 5) is 11.2. The summed E-state index contributed by atoms with van der Waals surface area (Å²) in [6.45, 7) is 2.06. The number of unbranched alkanes of at least 4 members (excludes halogenated alkanes) is 2. The van der Waals surface area contributed by atoms with Gasteiger partial charge in [0.05, 0.1) is 0 Å². The predicted octanol–water partition coefficient (Wildman–Crippen LogP) is 2.70. The van der Waals surface area contributed by atoms with Crippen LogP contribution in [-0.4, -0.2) is 22.3 Å². The fourth-order valence-corrected chi connectivity index (χ4v) is 2.03. The Bertz CT molecular complexity index is 521. The zero-order valence-electron chi connectivity index (χ0n) is 11.3. The second-order valence-corrected chi connectivity index (χ2v) is 4.66. The van der Waals surface area contributed by atoms with Crippen LogP contribution in [0.3, 0.4) is 0 Å². The van der Waals surface area contributed by atoms with Crippen molar-refractivity contribution in [2.75, 3.05) is 0 Å². The molecule has 0 fully saturated rings. The van der Waals surface area contributed by atoms with Crippen molar-refractivity contribution in [3.05, 3.63) is 35.8 Å². The number of para-hydroxylation sites is 2. The zero-order chi connectivity index (χ0) is 14.5. The molecule has 1 heterocycles. The molecule has 1 atom stereocenters.